The van der Waals surface area contributed by atoms with Crippen LogP contribution >= 0.6 is 11.3 Å². The van der Waals surface area contributed by atoms with Crippen molar-refractivity contribution in [3.8, 4) is 16.5 Å². The van der Waals surface area contributed by atoms with Crippen molar-refractivity contribution in [3.05, 3.63) is 35.2 Å². The first-order chi connectivity index (χ1) is 11.2. The largest absolute Gasteiger partial charge is 0.506 e. The van der Waals surface area contributed by atoms with Gasteiger partial charge in [-0.1, -0.05) is 6.07 Å². The Morgan fingerprint density at radius 3 is 2.91 bits per heavy atom. The number of aromatic nitrogens is 2. The zero-order chi connectivity index (χ0) is 15.8. The number of carbonyl (C=O) groups excluding carboxylic acids is 1. The third kappa shape index (κ3) is 2.64. The highest BCUT2D eigenvalue weighted by Crippen LogP contribution is 2.31. The lowest BCUT2D eigenvalue weighted by atomic mass is 9.94. The number of fused-ring (bicyclic) bond motifs is 1. The first-order valence-corrected chi connectivity index (χ1v) is 8.60. The Hall–Kier alpha value is -2.18. The summed E-state index contributed by atoms with van der Waals surface area (Å²) in [5, 5.41) is 15.3. The lowest BCUT2D eigenvalue weighted by Gasteiger charge is -2.26. The van der Waals surface area contributed by atoms with Crippen LogP contribution in [0.4, 0.5) is 0 Å². The molecule has 0 radical (unpaired) electrons. The van der Waals surface area contributed by atoms with Crippen molar-refractivity contribution in [2.24, 2.45) is 5.92 Å². The summed E-state index contributed by atoms with van der Waals surface area (Å²) in [6.07, 6.45) is 1.42. The van der Waals surface area contributed by atoms with E-state index in [1.165, 1.54) is 0 Å². The quantitative estimate of drug-likeness (QED) is 0.629. The Kier molecular flexibility index (Phi) is 3.63. The number of hydrogen-bond acceptors (Lipinski definition) is 5. The fourth-order valence-electron chi connectivity index (χ4n) is 2.86. The molecule has 6 heteroatoms. The summed E-state index contributed by atoms with van der Waals surface area (Å²) >= 11 is 1.57. The highest BCUT2D eigenvalue weighted by molar-refractivity contribution is 7.13. The number of nitrogens with one attached hydrogen (secondary N) is 2. The molecule has 1 fully saturated rings. The molecule has 2 aromatic heterocycles. The molecule has 0 bridgehead atoms. The second-order valence-corrected chi connectivity index (χ2v) is 6.85. The van der Waals surface area contributed by atoms with Crippen LogP contribution in [-0.4, -0.2) is 33.9 Å². The molecule has 118 valence electrons. The molecule has 0 aliphatic carbocycles. The Labute approximate surface area is 137 Å². The molecule has 23 heavy (non-hydrogen) atoms. The second kappa shape index (κ2) is 5.79. The second-order valence-electron chi connectivity index (χ2n) is 5.90. The Morgan fingerprint density at radius 2 is 2.22 bits per heavy atom. The van der Waals surface area contributed by atoms with Gasteiger partial charge in [0.25, 0.3) is 0 Å². The van der Waals surface area contributed by atoms with Gasteiger partial charge in [0.05, 0.1) is 4.88 Å². The molecule has 0 amide bonds. The van der Waals surface area contributed by atoms with Gasteiger partial charge in [-0.15, -0.1) is 11.3 Å². The maximum atomic E-state index is 12.6. The predicted molar refractivity (Wildman–Crippen MR) is 91.0 cm³/mol. The van der Waals surface area contributed by atoms with Crippen molar-refractivity contribution in [1.29, 1.82) is 0 Å². The van der Waals surface area contributed by atoms with Crippen LogP contribution in [0.1, 0.15) is 23.2 Å². The van der Waals surface area contributed by atoms with E-state index in [2.05, 4.69) is 15.3 Å². The number of Topliss-reactive ketones (excluding diaryl/α,β-unsaturated/α-hetero) is 1. The highest BCUT2D eigenvalue weighted by Gasteiger charge is 2.21. The Balaban J connectivity index is 1.68. The minimum absolute atomic E-state index is 0.0890. The number of rotatable bonds is 5. The van der Waals surface area contributed by atoms with E-state index in [1.54, 1.807) is 23.5 Å². The summed E-state index contributed by atoms with van der Waals surface area (Å²) in [5.74, 6) is 1.50. The van der Waals surface area contributed by atoms with E-state index in [-0.39, 0.29) is 11.5 Å². The van der Waals surface area contributed by atoms with Gasteiger partial charge < -0.3 is 15.4 Å². The van der Waals surface area contributed by atoms with Crippen LogP contribution in [0.2, 0.25) is 0 Å². The number of benzene rings is 1. The predicted octanol–water partition coefficient (Wildman–Crippen LogP) is 3.18. The number of ketones is 1. The fraction of sp³-hybridized carbons (Fsp3) is 0.294. The van der Waals surface area contributed by atoms with Gasteiger partial charge in [0, 0.05) is 12.0 Å². The summed E-state index contributed by atoms with van der Waals surface area (Å²) in [6.45, 7) is 2.01. The first-order valence-electron chi connectivity index (χ1n) is 7.72. The van der Waals surface area contributed by atoms with Crippen LogP contribution in [0.15, 0.2) is 29.6 Å². The maximum Gasteiger partial charge on any atom is 0.165 e. The number of aromatic hydroxyl groups is 1. The summed E-state index contributed by atoms with van der Waals surface area (Å²) in [4.78, 5) is 21.2. The fourth-order valence-corrected chi connectivity index (χ4v) is 3.52. The van der Waals surface area contributed by atoms with Crippen molar-refractivity contribution in [1.82, 2.24) is 15.3 Å². The number of hydrogen-bond donors (Lipinski definition) is 3. The van der Waals surface area contributed by atoms with Crippen molar-refractivity contribution >= 4 is 28.2 Å². The number of H-pyrrole nitrogens is 1. The standard InChI is InChI=1S/C17H17N3O2S/c21-12(5-3-10-8-18-9-10)11-4-6-13(22)16-15(11)19-17(20-16)14-2-1-7-23-14/h1-2,4,6-7,10,18,22H,3,5,8-9H2,(H,19,20). The van der Waals surface area contributed by atoms with Gasteiger partial charge >= 0.3 is 0 Å². The summed E-state index contributed by atoms with van der Waals surface area (Å²) in [7, 11) is 0. The van der Waals surface area contributed by atoms with Gasteiger partial charge in [-0.05, 0) is 49.0 Å². The number of thiophene rings is 1. The van der Waals surface area contributed by atoms with Crippen LogP contribution in [0.25, 0.3) is 21.7 Å². The molecule has 3 heterocycles. The van der Waals surface area contributed by atoms with Gasteiger partial charge in [-0.2, -0.15) is 0 Å². The van der Waals surface area contributed by atoms with Crippen molar-refractivity contribution in [3.63, 3.8) is 0 Å². The molecular formula is C17H17N3O2S. The van der Waals surface area contributed by atoms with Crippen LogP contribution in [0.5, 0.6) is 5.75 Å². The summed E-state index contributed by atoms with van der Waals surface area (Å²) in [6, 6.07) is 7.16. The summed E-state index contributed by atoms with van der Waals surface area (Å²) < 4.78 is 0. The molecule has 1 aliphatic heterocycles. The SMILES string of the molecule is O=C(CCC1CNC1)c1ccc(O)c2[nH]c(-c3cccs3)nc12. The van der Waals surface area contributed by atoms with Crippen LogP contribution in [0.3, 0.4) is 0 Å². The van der Waals surface area contributed by atoms with E-state index in [9.17, 15) is 9.90 Å². The zero-order valence-electron chi connectivity index (χ0n) is 12.5. The van der Waals surface area contributed by atoms with E-state index in [4.69, 9.17) is 0 Å². The van der Waals surface area contributed by atoms with Gasteiger partial charge in [-0.25, -0.2) is 4.98 Å². The van der Waals surface area contributed by atoms with Crippen molar-refractivity contribution in [2.75, 3.05) is 13.1 Å². The molecular weight excluding hydrogens is 310 g/mol. The van der Waals surface area contributed by atoms with Crippen LogP contribution in [-0.2, 0) is 0 Å². The Morgan fingerprint density at radius 1 is 1.35 bits per heavy atom. The molecule has 3 N–H and O–H groups in total. The van der Waals surface area contributed by atoms with Crippen molar-refractivity contribution < 1.29 is 9.90 Å². The molecule has 0 saturated carbocycles. The zero-order valence-corrected chi connectivity index (χ0v) is 13.3. The van der Waals surface area contributed by atoms with Gasteiger partial charge in [0.1, 0.15) is 22.6 Å². The molecule has 3 aromatic rings. The number of phenols is 1. The average Bonchev–Trinajstić information content (AvgIpc) is 3.15. The van der Waals surface area contributed by atoms with Crippen molar-refractivity contribution in [2.45, 2.75) is 12.8 Å². The van der Waals surface area contributed by atoms with Crippen LogP contribution < -0.4 is 5.32 Å². The first kappa shape index (κ1) is 14.4. The molecule has 4 rings (SSSR count). The molecule has 1 saturated heterocycles. The van der Waals surface area contributed by atoms with E-state index in [0.717, 1.165) is 24.4 Å². The molecule has 1 aromatic carbocycles. The number of phenolic OH excluding ortho intramolecular Hbond substituents is 1. The van der Waals surface area contributed by atoms with E-state index >= 15 is 0 Å². The number of aromatic amines is 1. The minimum Gasteiger partial charge on any atom is -0.506 e. The third-order valence-electron chi connectivity index (χ3n) is 4.32. The molecule has 5 nitrogen and oxygen atoms in total. The molecule has 0 atom stereocenters. The van der Waals surface area contributed by atoms with Gasteiger partial charge in [0.15, 0.2) is 5.78 Å². The molecule has 0 unspecified atom stereocenters. The molecule has 1 aliphatic rings. The smallest absolute Gasteiger partial charge is 0.165 e. The van der Waals surface area contributed by atoms with Gasteiger partial charge in [0.2, 0.25) is 0 Å². The van der Waals surface area contributed by atoms with Crippen LogP contribution in [0, 0.1) is 5.92 Å². The topological polar surface area (TPSA) is 78.0 Å². The lowest BCUT2D eigenvalue weighted by molar-refractivity contribution is 0.0970. The van der Waals surface area contributed by atoms with Gasteiger partial charge in [-0.3, -0.25) is 4.79 Å². The Bertz CT molecular complexity index is 850. The normalized spacial score (nSPS) is 15.0. The minimum atomic E-state index is 0.0890. The number of carbonyl (C=O) groups is 1. The summed E-state index contributed by atoms with van der Waals surface area (Å²) in [5.41, 5.74) is 1.68. The van der Waals surface area contributed by atoms with E-state index in [0.29, 0.717) is 34.8 Å². The lowest BCUT2D eigenvalue weighted by Crippen LogP contribution is -2.42. The maximum absolute atomic E-state index is 12.6. The average molecular weight is 327 g/mol. The molecule has 0 spiro atoms. The monoisotopic (exact) mass is 327 g/mol. The van der Waals surface area contributed by atoms with E-state index < -0.39 is 0 Å². The number of imidazole rings is 1. The highest BCUT2D eigenvalue weighted by atomic mass is 32.1. The third-order valence-corrected chi connectivity index (χ3v) is 5.20. The number of nitrogens with zero attached hydrogens (tertiary/aromatic N) is 1. The van der Waals surface area contributed by atoms with E-state index in [1.807, 2.05) is 17.5 Å².